The number of aryl methyl sites for hydroxylation is 1. The Morgan fingerprint density at radius 3 is 2.67 bits per heavy atom. The lowest BCUT2D eigenvalue weighted by atomic mass is 10.1. The van der Waals surface area contributed by atoms with Crippen LogP contribution in [0.2, 0.25) is 0 Å². The summed E-state index contributed by atoms with van der Waals surface area (Å²) < 4.78 is 1.65. The Labute approximate surface area is 138 Å². The fourth-order valence-corrected chi connectivity index (χ4v) is 2.38. The number of amides is 1. The van der Waals surface area contributed by atoms with Crippen molar-refractivity contribution in [2.75, 3.05) is 5.32 Å². The van der Waals surface area contributed by atoms with E-state index in [4.69, 9.17) is 0 Å². The number of H-pyrrole nitrogens is 1. The molecule has 0 spiro atoms. The second-order valence-corrected chi connectivity index (χ2v) is 6.71. The molecule has 7 heteroatoms. The molecule has 0 aliphatic carbocycles. The summed E-state index contributed by atoms with van der Waals surface area (Å²) in [5, 5.41) is 7.88. The van der Waals surface area contributed by atoms with E-state index in [2.05, 4.69) is 20.4 Å². The first-order chi connectivity index (χ1) is 11.2. The van der Waals surface area contributed by atoms with Gasteiger partial charge in [-0.05, 0) is 51.5 Å². The molecule has 24 heavy (non-hydrogen) atoms. The molecule has 0 radical (unpaired) electrons. The molecule has 0 fully saturated rings. The van der Waals surface area contributed by atoms with E-state index in [1.165, 1.54) is 6.07 Å². The highest BCUT2D eigenvalue weighted by Crippen LogP contribution is 2.20. The number of nitrogens with one attached hydrogen (secondary N) is 2. The van der Waals surface area contributed by atoms with Gasteiger partial charge in [0.05, 0.1) is 5.54 Å². The molecule has 1 aromatic carbocycles. The fourth-order valence-electron chi connectivity index (χ4n) is 2.38. The lowest BCUT2D eigenvalue weighted by molar-refractivity contribution is 0.101. The van der Waals surface area contributed by atoms with Gasteiger partial charge < -0.3 is 10.3 Å². The van der Waals surface area contributed by atoms with Gasteiger partial charge in [0.1, 0.15) is 6.33 Å². The number of rotatable bonds is 2. The maximum atomic E-state index is 12.3. The van der Waals surface area contributed by atoms with Crippen molar-refractivity contribution in [2.24, 2.45) is 0 Å². The minimum Gasteiger partial charge on any atom is -0.322 e. The fraction of sp³-hybridized carbons (Fsp3) is 0.294. The van der Waals surface area contributed by atoms with Crippen LogP contribution >= 0.6 is 0 Å². The highest BCUT2D eigenvalue weighted by atomic mass is 16.2. The molecule has 0 aliphatic rings. The summed E-state index contributed by atoms with van der Waals surface area (Å²) in [6.45, 7) is 7.80. The van der Waals surface area contributed by atoms with E-state index < -0.39 is 0 Å². The van der Waals surface area contributed by atoms with Crippen molar-refractivity contribution >= 4 is 22.5 Å². The van der Waals surface area contributed by atoms with Gasteiger partial charge in [-0.15, -0.1) is 5.10 Å². The topological polar surface area (TPSA) is 92.7 Å². The summed E-state index contributed by atoms with van der Waals surface area (Å²) in [7, 11) is 0. The SMILES string of the molecule is Cc1cc(=O)[nH]c2ccc(NC(=O)c3ncn(C(C)(C)C)n3)cc12. The molecule has 2 aromatic heterocycles. The maximum absolute atomic E-state index is 12.3. The normalized spacial score (nSPS) is 11.7. The molecule has 0 saturated carbocycles. The van der Waals surface area contributed by atoms with E-state index in [0.29, 0.717) is 5.69 Å². The van der Waals surface area contributed by atoms with Crippen LogP contribution in [0.5, 0.6) is 0 Å². The Morgan fingerprint density at radius 1 is 1.25 bits per heavy atom. The van der Waals surface area contributed by atoms with Crippen molar-refractivity contribution in [2.45, 2.75) is 33.2 Å². The summed E-state index contributed by atoms with van der Waals surface area (Å²) in [6.07, 6.45) is 1.55. The molecule has 124 valence electrons. The summed E-state index contributed by atoms with van der Waals surface area (Å²) in [4.78, 5) is 30.6. The smallest absolute Gasteiger partial charge is 0.295 e. The van der Waals surface area contributed by atoms with Crippen molar-refractivity contribution in [3.8, 4) is 0 Å². The zero-order valence-electron chi connectivity index (χ0n) is 14.0. The maximum Gasteiger partial charge on any atom is 0.295 e. The summed E-state index contributed by atoms with van der Waals surface area (Å²) in [6, 6.07) is 6.84. The number of pyridine rings is 1. The highest BCUT2D eigenvalue weighted by Gasteiger charge is 2.18. The molecule has 0 bridgehead atoms. The van der Waals surface area contributed by atoms with Crippen molar-refractivity contribution in [3.63, 3.8) is 0 Å². The number of carbonyl (C=O) groups excluding carboxylic acids is 1. The van der Waals surface area contributed by atoms with Crippen LogP contribution in [0, 0.1) is 6.92 Å². The van der Waals surface area contributed by atoms with E-state index >= 15 is 0 Å². The van der Waals surface area contributed by atoms with Gasteiger partial charge in [-0.2, -0.15) is 0 Å². The van der Waals surface area contributed by atoms with Gasteiger partial charge in [0.2, 0.25) is 11.4 Å². The second kappa shape index (κ2) is 5.59. The van der Waals surface area contributed by atoms with Crippen molar-refractivity contribution in [1.82, 2.24) is 19.7 Å². The number of aromatic nitrogens is 4. The number of aromatic amines is 1. The zero-order chi connectivity index (χ0) is 17.5. The van der Waals surface area contributed by atoms with Crippen LogP contribution in [0.1, 0.15) is 37.0 Å². The monoisotopic (exact) mass is 325 g/mol. The minimum absolute atomic E-state index is 0.114. The molecule has 2 heterocycles. The predicted molar refractivity (Wildman–Crippen MR) is 92.3 cm³/mol. The number of hydrogen-bond acceptors (Lipinski definition) is 4. The Hall–Kier alpha value is -2.96. The average molecular weight is 325 g/mol. The van der Waals surface area contributed by atoms with Gasteiger partial charge in [0, 0.05) is 22.7 Å². The first kappa shape index (κ1) is 15.9. The average Bonchev–Trinajstić information content (AvgIpc) is 2.98. The van der Waals surface area contributed by atoms with Crippen LogP contribution in [0.25, 0.3) is 10.9 Å². The third kappa shape index (κ3) is 3.05. The van der Waals surface area contributed by atoms with Crippen LogP contribution in [0.15, 0.2) is 35.4 Å². The Morgan fingerprint density at radius 2 is 2.00 bits per heavy atom. The van der Waals surface area contributed by atoms with Crippen LogP contribution in [-0.2, 0) is 5.54 Å². The largest absolute Gasteiger partial charge is 0.322 e. The Balaban J connectivity index is 1.88. The number of fused-ring (bicyclic) bond motifs is 1. The minimum atomic E-state index is -0.376. The van der Waals surface area contributed by atoms with E-state index in [0.717, 1.165) is 16.5 Å². The first-order valence-electron chi connectivity index (χ1n) is 7.61. The molecule has 0 unspecified atom stereocenters. The molecule has 3 aromatic rings. The molecular weight excluding hydrogens is 306 g/mol. The van der Waals surface area contributed by atoms with Gasteiger partial charge in [-0.3, -0.25) is 9.59 Å². The van der Waals surface area contributed by atoms with Gasteiger partial charge in [0.25, 0.3) is 5.91 Å². The van der Waals surface area contributed by atoms with Crippen LogP contribution in [0.4, 0.5) is 5.69 Å². The number of hydrogen-bond donors (Lipinski definition) is 2. The van der Waals surface area contributed by atoms with Gasteiger partial charge in [-0.1, -0.05) is 0 Å². The quantitative estimate of drug-likeness (QED) is 0.757. The van der Waals surface area contributed by atoms with E-state index in [1.54, 1.807) is 23.1 Å². The molecule has 0 atom stereocenters. The van der Waals surface area contributed by atoms with Crippen LogP contribution < -0.4 is 10.9 Å². The molecule has 2 N–H and O–H groups in total. The van der Waals surface area contributed by atoms with E-state index in [1.807, 2.05) is 33.8 Å². The van der Waals surface area contributed by atoms with Gasteiger partial charge in [0.15, 0.2) is 0 Å². The number of nitrogens with zero attached hydrogens (tertiary/aromatic N) is 3. The van der Waals surface area contributed by atoms with Crippen molar-refractivity contribution in [1.29, 1.82) is 0 Å². The van der Waals surface area contributed by atoms with E-state index in [-0.39, 0.29) is 22.8 Å². The third-order valence-corrected chi connectivity index (χ3v) is 3.69. The third-order valence-electron chi connectivity index (χ3n) is 3.69. The molecule has 3 rings (SSSR count). The van der Waals surface area contributed by atoms with Crippen LogP contribution in [0.3, 0.4) is 0 Å². The first-order valence-corrected chi connectivity index (χ1v) is 7.61. The number of benzene rings is 1. The summed E-state index contributed by atoms with van der Waals surface area (Å²) in [5.41, 5.74) is 1.81. The molecular formula is C17H19N5O2. The van der Waals surface area contributed by atoms with Gasteiger partial charge in [-0.25, -0.2) is 9.67 Å². The standard InChI is InChI=1S/C17H19N5O2/c1-10-7-14(23)20-13-6-5-11(8-12(10)13)19-16(24)15-18-9-22(21-15)17(2,3)4/h5-9H,1-4H3,(H,19,24)(H,20,23). The molecule has 1 amide bonds. The molecule has 0 aliphatic heterocycles. The van der Waals surface area contributed by atoms with E-state index in [9.17, 15) is 9.59 Å². The molecule has 7 nitrogen and oxygen atoms in total. The number of anilines is 1. The van der Waals surface area contributed by atoms with Crippen molar-refractivity contribution < 1.29 is 4.79 Å². The molecule has 0 saturated heterocycles. The Bertz CT molecular complexity index is 979. The van der Waals surface area contributed by atoms with Crippen molar-refractivity contribution in [3.05, 3.63) is 52.3 Å². The predicted octanol–water partition coefficient (Wildman–Crippen LogP) is 2.44. The number of carbonyl (C=O) groups is 1. The Kier molecular flexibility index (Phi) is 3.71. The summed E-state index contributed by atoms with van der Waals surface area (Å²) in [5.74, 6) is -0.261. The highest BCUT2D eigenvalue weighted by molar-refractivity contribution is 6.02. The van der Waals surface area contributed by atoms with Gasteiger partial charge >= 0.3 is 0 Å². The lowest BCUT2D eigenvalue weighted by Gasteiger charge is -2.17. The lowest BCUT2D eigenvalue weighted by Crippen LogP contribution is -2.23. The summed E-state index contributed by atoms with van der Waals surface area (Å²) >= 11 is 0. The van der Waals surface area contributed by atoms with Crippen LogP contribution in [-0.4, -0.2) is 25.7 Å². The second-order valence-electron chi connectivity index (χ2n) is 6.71. The zero-order valence-corrected chi connectivity index (χ0v) is 14.0.